The Balaban J connectivity index is 2.18. The van der Waals surface area contributed by atoms with Crippen LogP contribution in [0.2, 0.25) is 0 Å². The number of nitrogens with zero attached hydrogens (tertiary/aromatic N) is 2. The predicted molar refractivity (Wildman–Crippen MR) is 118 cm³/mol. The number of hydrogen-bond acceptors (Lipinski definition) is 7. The highest BCUT2D eigenvalue weighted by molar-refractivity contribution is 9.10. The van der Waals surface area contributed by atoms with Gasteiger partial charge in [-0.1, -0.05) is 23.9 Å². The lowest BCUT2D eigenvalue weighted by Gasteiger charge is -2.14. The molecule has 0 spiro atoms. The van der Waals surface area contributed by atoms with Gasteiger partial charge in [-0.2, -0.15) is 0 Å². The first-order valence-electron chi connectivity index (χ1n) is 8.75. The van der Waals surface area contributed by atoms with Gasteiger partial charge in [0, 0.05) is 44.6 Å². The number of thioether (sulfide) groups is 1. The number of carbonyl (C=O) groups excluding carboxylic acids is 1. The molecule has 1 aromatic heterocycles. The number of amides is 1. The van der Waals surface area contributed by atoms with Gasteiger partial charge in [-0.25, -0.2) is 14.5 Å². The first kappa shape index (κ1) is 24.5. The summed E-state index contributed by atoms with van der Waals surface area (Å²) in [6.07, 6.45) is 1.70. The molecule has 0 atom stereocenters. The van der Waals surface area contributed by atoms with Crippen molar-refractivity contribution < 1.29 is 23.7 Å². The van der Waals surface area contributed by atoms with Gasteiger partial charge >= 0.3 is 7.82 Å². The molecule has 30 heavy (non-hydrogen) atoms. The number of benzene rings is 1. The Bertz CT molecular complexity index is 998. The minimum atomic E-state index is -4.60. The van der Waals surface area contributed by atoms with Gasteiger partial charge < -0.3 is 20.8 Å². The van der Waals surface area contributed by atoms with Crippen LogP contribution in [0.15, 0.2) is 50.3 Å². The quantitative estimate of drug-likeness (QED) is 0.223. The highest BCUT2D eigenvalue weighted by Gasteiger charge is 2.18. The molecule has 12 heteroatoms. The van der Waals surface area contributed by atoms with Crippen LogP contribution in [0.4, 0.5) is 5.82 Å². The van der Waals surface area contributed by atoms with E-state index in [9.17, 15) is 9.36 Å². The van der Waals surface area contributed by atoms with Crippen molar-refractivity contribution in [1.29, 1.82) is 0 Å². The maximum atomic E-state index is 12.7. The van der Waals surface area contributed by atoms with E-state index in [0.29, 0.717) is 27.7 Å². The van der Waals surface area contributed by atoms with E-state index in [-0.39, 0.29) is 25.5 Å². The molecule has 0 saturated heterocycles. The van der Waals surface area contributed by atoms with Crippen molar-refractivity contribution in [3.05, 3.63) is 56.8 Å². The SMILES string of the molecule is C/C(C(=O)NCc1cnc(C)nc1N)=C(\CCOP(=O)(O)O)Sc1ccccc1Br. The van der Waals surface area contributed by atoms with Crippen LogP contribution in [-0.2, 0) is 20.4 Å². The molecular weight excluding hydrogens is 495 g/mol. The normalized spacial score (nSPS) is 12.4. The predicted octanol–water partition coefficient (Wildman–Crippen LogP) is 3.31. The number of anilines is 1. The van der Waals surface area contributed by atoms with Gasteiger partial charge in [0.25, 0.3) is 0 Å². The number of aryl methyl sites for hydroxylation is 1. The number of phosphoric acid groups is 1. The number of hydrogen-bond donors (Lipinski definition) is 4. The molecule has 2 aromatic rings. The van der Waals surface area contributed by atoms with E-state index in [1.165, 1.54) is 11.8 Å². The Morgan fingerprint density at radius 2 is 2.07 bits per heavy atom. The van der Waals surface area contributed by atoms with Gasteiger partial charge in [0.05, 0.1) is 6.61 Å². The zero-order chi connectivity index (χ0) is 22.3. The van der Waals surface area contributed by atoms with E-state index in [1.54, 1.807) is 20.0 Å². The summed E-state index contributed by atoms with van der Waals surface area (Å²) < 4.78 is 16.4. The Hall–Kier alpha value is -1.75. The summed E-state index contributed by atoms with van der Waals surface area (Å²) in [5.74, 6) is 0.485. The van der Waals surface area contributed by atoms with Crippen molar-refractivity contribution in [2.75, 3.05) is 12.3 Å². The van der Waals surface area contributed by atoms with Crippen LogP contribution < -0.4 is 11.1 Å². The van der Waals surface area contributed by atoms with E-state index >= 15 is 0 Å². The molecule has 0 bridgehead atoms. The molecule has 0 aliphatic rings. The smallest absolute Gasteiger partial charge is 0.383 e. The summed E-state index contributed by atoms with van der Waals surface area (Å²) in [5, 5.41) is 2.77. The van der Waals surface area contributed by atoms with Crippen molar-refractivity contribution in [2.24, 2.45) is 0 Å². The molecule has 0 unspecified atom stereocenters. The molecule has 5 N–H and O–H groups in total. The van der Waals surface area contributed by atoms with Crippen molar-refractivity contribution in [1.82, 2.24) is 15.3 Å². The van der Waals surface area contributed by atoms with Gasteiger partial charge in [0.1, 0.15) is 11.6 Å². The van der Waals surface area contributed by atoms with Gasteiger partial charge in [-0.05, 0) is 41.9 Å². The molecule has 9 nitrogen and oxygen atoms in total. The molecule has 0 aliphatic heterocycles. The van der Waals surface area contributed by atoms with Gasteiger partial charge in [0.2, 0.25) is 5.91 Å². The van der Waals surface area contributed by atoms with Crippen LogP contribution in [-0.4, -0.2) is 32.3 Å². The number of halogens is 1. The first-order chi connectivity index (χ1) is 14.1. The summed E-state index contributed by atoms with van der Waals surface area (Å²) in [7, 11) is -4.60. The fraction of sp³-hybridized carbons (Fsp3) is 0.278. The number of rotatable bonds is 9. The van der Waals surface area contributed by atoms with E-state index in [1.807, 2.05) is 24.3 Å². The summed E-state index contributed by atoms with van der Waals surface area (Å²) in [6, 6.07) is 7.45. The fourth-order valence-electron chi connectivity index (χ4n) is 2.32. The molecule has 0 saturated carbocycles. The summed E-state index contributed by atoms with van der Waals surface area (Å²) in [4.78, 5) is 40.2. The van der Waals surface area contributed by atoms with Crippen LogP contribution >= 0.6 is 35.5 Å². The second-order valence-corrected chi connectivity index (χ2v) is 9.40. The van der Waals surface area contributed by atoms with Crippen molar-refractivity contribution in [3.63, 3.8) is 0 Å². The standard InChI is InChI=1S/C18H22BrN4O5PS/c1-11(18(24)22-10-13-9-21-12(2)23-17(13)20)15(7-8-28-29(25,26)27)30-16-6-4-3-5-14(16)19/h3-6,9H,7-8,10H2,1-2H3,(H,22,24)(H2,20,21,23)(H2,25,26,27)/b15-11-. The Kier molecular flexibility index (Phi) is 9.02. The lowest BCUT2D eigenvalue weighted by atomic mass is 10.2. The zero-order valence-corrected chi connectivity index (χ0v) is 19.6. The van der Waals surface area contributed by atoms with Crippen LogP contribution in [0.1, 0.15) is 24.7 Å². The molecule has 0 fully saturated rings. The van der Waals surface area contributed by atoms with E-state index in [4.69, 9.17) is 15.5 Å². The highest BCUT2D eigenvalue weighted by Crippen LogP contribution is 2.39. The lowest BCUT2D eigenvalue weighted by molar-refractivity contribution is -0.117. The number of nitrogens with one attached hydrogen (secondary N) is 1. The Labute approximate surface area is 186 Å². The molecule has 1 heterocycles. The largest absolute Gasteiger partial charge is 0.469 e. The minimum Gasteiger partial charge on any atom is -0.383 e. The molecule has 0 radical (unpaired) electrons. The van der Waals surface area contributed by atoms with E-state index in [2.05, 4.69) is 35.7 Å². The molecule has 162 valence electrons. The number of phosphoric ester groups is 1. The Morgan fingerprint density at radius 1 is 1.37 bits per heavy atom. The monoisotopic (exact) mass is 516 g/mol. The van der Waals surface area contributed by atoms with Crippen LogP contribution in [0.5, 0.6) is 0 Å². The second kappa shape index (κ2) is 11.0. The molecular formula is C18H22BrN4O5PS. The molecule has 1 amide bonds. The Morgan fingerprint density at radius 3 is 2.70 bits per heavy atom. The third kappa shape index (κ3) is 7.82. The van der Waals surface area contributed by atoms with Crippen LogP contribution in [0, 0.1) is 6.92 Å². The average Bonchev–Trinajstić information content (AvgIpc) is 2.66. The topological polar surface area (TPSA) is 148 Å². The number of aromatic nitrogens is 2. The highest BCUT2D eigenvalue weighted by atomic mass is 79.9. The maximum Gasteiger partial charge on any atom is 0.469 e. The molecule has 2 rings (SSSR count). The molecule has 1 aromatic carbocycles. The first-order valence-corrected chi connectivity index (χ1v) is 11.9. The lowest BCUT2D eigenvalue weighted by Crippen LogP contribution is -2.25. The number of nitrogens with two attached hydrogens (primary N) is 1. The van der Waals surface area contributed by atoms with Crippen molar-refractivity contribution >= 4 is 47.2 Å². The van der Waals surface area contributed by atoms with Gasteiger partial charge in [-0.15, -0.1) is 0 Å². The van der Waals surface area contributed by atoms with Crippen molar-refractivity contribution in [2.45, 2.75) is 31.7 Å². The van der Waals surface area contributed by atoms with Gasteiger partial charge in [-0.3, -0.25) is 9.32 Å². The van der Waals surface area contributed by atoms with Crippen LogP contribution in [0.25, 0.3) is 0 Å². The third-order valence-electron chi connectivity index (χ3n) is 3.88. The summed E-state index contributed by atoms with van der Waals surface area (Å²) in [5.41, 5.74) is 6.84. The van der Waals surface area contributed by atoms with E-state index in [0.717, 1.165) is 9.37 Å². The number of nitrogen functional groups attached to an aromatic ring is 1. The summed E-state index contributed by atoms with van der Waals surface area (Å²) >= 11 is 4.78. The van der Waals surface area contributed by atoms with Gasteiger partial charge in [0.15, 0.2) is 0 Å². The van der Waals surface area contributed by atoms with Crippen molar-refractivity contribution in [3.8, 4) is 0 Å². The van der Waals surface area contributed by atoms with Crippen LogP contribution in [0.3, 0.4) is 0 Å². The second-order valence-electron chi connectivity index (χ2n) is 6.16. The maximum absolute atomic E-state index is 12.7. The minimum absolute atomic E-state index is 0.145. The summed E-state index contributed by atoms with van der Waals surface area (Å²) in [6.45, 7) is 3.27. The number of carbonyl (C=O) groups is 1. The molecule has 0 aliphatic carbocycles. The zero-order valence-electron chi connectivity index (χ0n) is 16.3. The van der Waals surface area contributed by atoms with E-state index < -0.39 is 7.82 Å². The fourth-order valence-corrected chi connectivity index (χ4v) is 4.18. The average molecular weight is 517 g/mol. The third-order valence-corrected chi connectivity index (χ3v) is 6.68.